The number of anilines is 1. The lowest BCUT2D eigenvalue weighted by Gasteiger charge is -2.14. The first kappa shape index (κ1) is 23.1. The summed E-state index contributed by atoms with van der Waals surface area (Å²) >= 11 is 1.75. The van der Waals surface area contributed by atoms with Crippen molar-refractivity contribution < 1.29 is 13.9 Å². The van der Waals surface area contributed by atoms with E-state index in [1.165, 1.54) is 4.88 Å². The average molecular weight is 527 g/mol. The van der Waals surface area contributed by atoms with Gasteiger partial charge in [-0.2, -0.15) is 0 Å². The van der Waals surface area contributed by atoms with Crippen LogP contribution in [0.2, 0.25) is 0 Å². The number of nitrogens with one attached hydrogen (secondary N) is 2. The Hall–Kier alpha value is -2.20. The highest BCUT2D eigenvalue weighted by Crippen LogP contribution is 2.29. The summed E-state index contributed by atoms with van der Waals surface area (Å²) in [4.78, 5) is 6.03. The van der Waals surface area contributed by atoms with E-state index in [1.807, 2.05) is 30.3 Å². The molecule has 0 aliphatic rings. The van der Waals surface area contributed by atoms with Crippen LogP contribution in [0.3, 0.4) is 0 Å². The molecular weight excluding hydrogens is 501 g/mol. The summed E-state index contributed by atoms with van der Waals surface area (Å²) in [6.45, 7) is 1.41. The molecule has 2 heterocycles. The molecule has 2 N–H and O–H groups in total. The van der Waals surface area contributed by atoms with Gasteiger partial charge in [-0.1, -0.05) is 6.07 Å². The molecule has 29 heavy (non-hydrogen) atoms. The SMILES string of the molecule is COc1ccc(NC(=NCCc2cccs2)NCCc2ccco2)cc1OC.I. The Bertz CT molecular complexity index is 867. The first-order valence-corrected chi connectivity index (χ1v) is 9.98. The molecule has 156 valence electrons. The van der Waals surface area contributed by atoms with E-state index in [-0.39, 0.29) is 24.0 Å². The Balaban J connectivity index is 0.00000300. The third kappa shape index (κ3) is 7.28. The normalized spacial score (nSPS) is 10.9. The number of aliphatic imine (C=N–C) groups is 1. The molecule has 1 aromatic carbocycles. The first-order valence-electron chi connectivity index (χ1n) is 9.10. The summed E-state index contributed by atoms with van der Waals surface area (Å²) in [5, 5.41) is 8.79. The van der Waals surface area contributed by atoms with Gasteiger partial charge < -0.3 is 24.5 Å². The van der Waals surface area contributed by atoms with Gasteiger partial charge in [0.05, 0.1) is 20.5 Å². The van der Waals surface area contributed by atoms with Crippen LogP contribution in [-0.2, 0) is 12.8 Å². The maximum atomic E-state index is 5.39. The minimum absolute atomic E-state index is 0. The van der Waals surface area contributed by atoms with Crippen LogP contribution >= 0.6 is 35.3 Å². The lowest BCUT2D eigenvalue weighted by Crippen LogP contribution is -2.32. The molecule has 3 aromatic rings. The molecule has 3 rings (SSSR count). The van der Waals surface area contributed by atoms with Crippen molar-refractivity contribution in [2.45, 2.75) is 12.8 Å². The summed E-state index contributed by atoms with van der Waals surface area (Å²) in [5.41, 5.74) is 0.873. The second-order valence-corrected chi connectivity index (χ2v) is 7.04. The molecule has 0 radical (unpaired) electrons. The molecule has 0 saturated carbocycles. The van der Waals surface area contributed by atoms with Gasteiger partial charge in [0.15, 0.2) is 17.5 Å². The van der Waals surface area contributed by atoms with Crippen molar-refractivity contribution in [1.29, 1.82) is 0 Å². The molecule has 0 amide bonds. The number of furan rings is 1. The van der Waals surface area contributed by atoms with Crippen LogP contribution in [0.1, 0.15) is 10.6 Å². The molecule has 0 spiro atoms. The third-order valence-electron chi connectivity index (χ3n) is 4.10. The fourth-order valence-electron chi connectivity index (χ4n) is 2.68. The summed E-state index contributed by atoms with van der Waals surface area (Å²) in [6.07, 6.45) is 3.38. The Morgan fingerprint density at radius 1 is 1.07 bits per heavy atom. The van der Waals surface area contributed by atoms with Crippen molar-refractivity contribution in [2.24, 2.45) is 4.99 Å². The summed E-state index contributed by atoms with van der Waals surface area (Å²) in [6, 6.07) is 13.8. The number of hydrogen-bond donors (Lipinski definition) is 2. The molecule has 8 heteroatoms. The highest BCUT2D eigenvalue weighted by Gasteiger charge is 2.07. The second kappa shape index (κ2) is 12.4. The van der Waals surface area contributed by atoms with Crippen molar-refractivity contribution in [3.8, 4) is 11.5 Å². The molecule has 0 aliphatic heterocycles. The van der Waals surface area contributed by atoms with Gasteiger partial charge >= 0.3 is 0 Å². The van der Waals surface area contributed by atoms with E-state index in [0.29, 0.717) is 24.6 Å². The highest BCUT2D eigenvalue weighted by molar-refractivity contribution is 14.0. The minimum Gasteiger partial charge on any atom is -0.493 e. The van der Waals surface area contributed by atoms with E-state index >= 15 is 0 Å². The van der Waals surface area contributed by atoms with Crippen LogP contribution in [0.25, 0.3) is 0 Å². The van der Waals surface area contributed by atoms with E-state index in [4.69, 9.17) is 18.9 Å². The zero-order valence-electron chi connectivity index (χ0n) is 16.5. The van der Waals surface area contributed by atoms with E-state index in [2.05, 4.69) is 28.1 Å². The van der Waals surface area contributed by atoms with Crippen LogP contribution < -0.4 is 20.1 Å². The zero-order valence-corrected chi connectivity index (χ0v) is 19.7. The molecular formula is C21H26IN3O3S. The number of thiophene rings is 1. The fraction of sp³-hybridized carbons (Fsp3) is 0.286. The number of rotatable bonds is 9. The number of methoxy groups -OCH3 is 2. The number of nitrogens with zero attached hydrogens (tertiary/aromatic N) is 1. The predicted molar refractivity (Wildman–Crippen MR) is 129 cm³/mol. The molecule has 0 unspecified atom stereocenters. The number of ether oxygens (including phenoxy) is 2. The largest absolute Gasteiger partial charge is 0.493 e. The van der Waals surface area contributed by atoms with Crippen molar-refractivity contribution in [2.75, 3.05) is 32.6 Å². The molecule has 0 saturated heterocycles. The Morgan fingerprint density at radius 3 is 2.62 bits per heavy atom. The van der Waals surface area contributed by atoms with Gasteiger partial charge in [-0.3, -0.25) is 4.99 Å². The summed E-state index contributed by atoms with van der Waals surface area (Å²) < 4.78 is 16.1. The number of hydrogen-bond acceptors (Lipinski definition) is 5. The molecule has 6 nitrogen and oxygen atoms in total. The minimum atomic E-state index is 0. The maximum Gasteiger partial charge on any atom is 0.195 e. The van der Waals surface area contributed by atoms with Gasteiger partial charge in [0.1, 0.15) is 5.76 Å². The molecule has 0 aliphatic carbocycles. The first-order chi connectivity index (χ1) is 13.8. The lowest BCUT2D eigenvalue weighted by atomic mass is 10.2. The second-order valence-electron chi connectivity index (χ2n) is 6.01. The third-order valence-corrected chi connectivity index (χ3v) is 5.03. The van der Waals surface area contributed by atoms with Crippen LogP contribution in [0.15, 0.2) is 63.5 Å². The highest BCUT2D eigenvalue weighted by atomic mass is 127. The van der Waals surface area contributed by atoms with Crippen LogP contribution in [0.4, 0.5) is 5.69 Å². The number of guanidine groups is 1. The smallest absolute Gasteiger partial charge is 0.195 e. The zero-order chi connectivity index (χ0) is 19.6. The van der Waals surface area contributed by atoms with Gasteiger partial charge in [0.25, 0.3) is 0 Å². The van der Waals surface area contributed by atoms with Crippen molar-refractivity contribution in [3.63, 3.8) is 0 Å². The predicted octanol–water partition coefficient (Wildman–Crippen LogP) is 4.82. The van der Waals surface area contributed by atoms with Gasteiger partial charge in [-0.25, -0.2) is 0 Å². The quantitative estimate of drug-likeness (QED) is 0.237. The maximum absolute atomic E-state index is 5.39. The molecule has 2 aromatic heterocycles. The van der Waals surface area contributed by atoms with Gasteiger partial charge in [-0.15, -0.1) is 35.3 Å². The standard InChI is InChI=1S/C21H25N3O3S.HI/c1-25-19-8-7-16(15-20(19)26-2)24-21(22-11-9-17-5-3-13-27-17)23-12-10-18-6-4-14-28-18;/h3-8,13-15H,9-12H2,1-2H3,(H2,22,23,24);1H. The van der Waals surface area contributed by atoms with Crippen LogP contribution in [-0.4, -0.2) is 33.3 Å². The topological polar surface area (TPSA) is 68.0 Å². The molecule has 0 fully saturated rings. The molecule has 0 bridgehead atoms. The van der Waals surface area contributed by atoms with E-state index < -0.39 is 0 Å². The number of benzene rings is 1. The van der Waals surface area contributed by atoms with Gasteiger partial charge in [0, 0.05) is 42.6 Å². The van der Waals surface area contributed by atoms with E-state index in [0.717, 1.165) is 30.2 Å². The summed E-state index contributed by atoms with van der Waals surface area (Å²) in [7, 11) is 3.25. The number of halogens is 1. The van der Waals surface area contributed by atoms with E-state index in [9.17, 15) is 0 Å². The molecule has 0 atom stereocenters. The Kier molecular flexibility index (Phi) is 9.85. The Morgan fingerprint density at radius 2 is 1.93 bits per heavy atom. The van der Waals surface area contributed by atoms with Crippen molar-refractivity contribution in [1.82, 2.24) is 5.32 Å². The van der Waals surface area contributed by atoms with Crippen LogP contribution in [0, 0.1) is 0 Å². The summed E-state index contributed by atoms with van der Waals surface area (Å²) in [5.74, 6) is 3.02. The van der Waals surface area contributed by atoms with Crippen LogP contribution in [0.5, 0.6) is 11.5 Å². The van der Waals surface area contributed by atoms with Gasteiger partial charge in [-0.05, 0) is 35.7 Å². The monoisotopic (exact) mass is 527 g/mol. The Labute approximate surface area is 192 Å². The van der Waals surface area contributed by atoms with Crippen molar-refractivity contribution >= 4 is 47.0 Å². The van der Waals surface area contributed by atoms with E-state index in [1.54, 1.807) is 31.8 Å². The lowest BCUT2D eigenvalue weighted by molar-refractivity contribution is 0.355. The van der Waals surface area contributed by atoms with Gasteiger partial charge in [0.2, 0.25) is 0 Å². The average Bonchev–Trinajstić information content (AvgIpc) is 3.42. The fourth-order valence-corrected chi connectivity index (χ4v) is 3.38. The van der Waals surface area contributed by atoms with Crippen molar-refractivity contribution in [3.05, 3.63) is 64.7 Å².